The third kappa shape index (κ3) is 2.59. The Hall–Kier alpha value is -1.68. The van der Waals surface area contributed by atoms with E-state index in [-0.39, 0.29) is 0 Å². The summed E-state index contributed by atoms with van der Waals surface area (Å²) >= 11 is 0. The summed E-state index contributed by atoms with van der Waals surface area (Å²) in [7, 11) is 1.94. The van der Waals surface area contributed by atoms with E-state index in [4.69, 9.17) is 0 Å². The largest absolute Gasteiger partial charge is 0.316 e. The summed E-state index contributed by atoms with van der Waals surface area (Å²) < 4.78 is 2.06. The van der Waals surface area contributed by atoms with E-state index in [2.05, 4.69) is 40.0 Å². The number of aromatic nitrogens is 3. The van der Waals surface area contributed by atoms with E-state index >= 15 is 0 Å². The molecule has 18 heavy (non-hydrogen) atoms. The van der Waals surface area contributed by atoms with Crippen molar-refractivity contribution >= 4 is 0 Å². The van der Waals surface area contributed by atoms with E-state index in [0.717, 1.165) is 25.1 Å². The van der Waals surface area contributed by atoms with Gasteiger partial charge in [-0.1, -0.05) is 6.92 Å². The first-order valence-electron chi connectivity index (χ1n) is 6.37. The van der Waals surface area contributed by atoms with Crippen LogP contribution >= 0.6 is 0 Å². The SMILES string of the molecule is CCCn1ncc(-c2cncc(CNC)c2)c1C. The molecule has 2 aromatic heterocycles. The van der Waals surface area contributed by atoms with Crippen LogP contribution in [-0.4, -0.2) is 21.8 Å². The maximum atomic E-state index is 4.43. The lowest BCUT2D eigenvalue weighted by Gasteiger charge is -2.05. The molecule has 1 N–H and O–H groups in total. The minimum absolute atomic E-state index is 0.836. The molecule has 0 aromatic carbocycles. The van der Waals surface area contributed by atoms with Gasteiger partial charge >= 0.3 is 0 Å². The number of hydrogen-bond acceptors (Lipinski definition) is 3. The molecule has 2 heterocycles. The molecule has 96 valence electrons. The molecule has 0 atom stereocenters. The van der Waals surface area contributed by atoms with Gasteiger partial charge in [0.1, 0.15) is 0 Å². The molecular weight excluding hydrogens is 224 g/mol. The molecule has 0 fully saturated rings. The van der Waals surface area contributed by atoms with Gasteiger partial charge in [-0.15, -0.1) is 0 Å². The highest BCUT2D eigenvalue weighted by molar-refractivity contribution is 5.64. The van der Waals surface area contributed by atoms with Gasteiger partial charge in [0.05, 0.1) is 6.20 Å². The van der Waals surface area contributed by atoms with E-state index in [1.807, 2.05) is 25.6 Å². The Morgan fingerprint density at radius 1 is 1.28 bits per heavy atom. The van der Waals surface area contributed by atoms with Gasteiger partial charge in [-0.25, -0.2) is 0 Å². The third-order valence-corrected chi connectivity index (χ3v) is 3.03. The van der Waals surface area contributed by atoms with Gasteiger partial charge in [0, 0.05) is 42.3 Å². The summed E-state index contributed by atoms with van der Waals surface area (Å²) in [5, 5.41) is 7.57. The minimum atomic E-state index is 0.836. The van der Waals surface area contributed by atoms with Crippen molar-refractivity contribution in [1.29, 1.82) is 0 Å². The summed E-state index contributed by atoms with van der Waals surface area (Å²) in [6, 6.07) is 2.17. The van der Waals surface area contributed by atoms with Crippen LogP contribution < -0.4 is 5.32 Å². The van der Waals surface area contributed by atoms with Crippen LogP contribution in [0.4, 0.5) is 0 Å². The summed E-state index contributed by atoms with van der Waals surface area (Å²) in [5.74, 6) is 0. The smallest absolute Gasteiger partial charge is 0.0571 e. The molecule has 0 spiro atoms. The topological polar surface area (TPSA) is 42.7 Å². The van der Waals surface area contributed by atoms with Crippen molar-refractivity contribution in [2.24, 2.45) is 0 Å². The Balaban J connectivity index is 2.33. The lowest BCUT2D eigenvalue weighted by molar-refractivity contribution is 0.587. The molecule has 0 radical (unpaired) electrons. The van der Waals surface area contributed by atoms with Gasteiger partial charge in [-0.2, -0.15) is 5.10 Å². The van der Waals surface area contributed by atoms with Gasteiger partial charge in [-0.05, 0) is 32.0 Å². The normalized spacial score (nSPS) is 10.8. The minimum Gasteiger partial charge on any atom is -0.316 e. The first-order valence-corrected chi connectivity index (χ1v) is 6.37. The average molecular weight is 244 g/mol. The molecule has 0 bridgehead atoms. The average Bonchev–Trinajstić information content (AvgIpc) is 2.73. The van der Waals surface area contributed by atoms with Crippen molar-refractivity contribution in [3.05, 3.63) is 35.9 Å². The van der Waals surface area contributed by atoms with Crippen LogP contribution in [0.2, 0.25) is 0 Å². The van der Waals surface area contributed by atoms with Crippen LogP contribution in [0.15, 0.2) is 24.7 Å². The molecule has 4 heteroatoms. The lowest BCUT2D eigenvalue weighted by Crippen LogP contribution is -2.05. The van der Waals surface area contributed by atoms with Crippen molar-refractivity contribution in [2.75, 3.05) is 7.05 Å². The van der Waals surface area contributed by atoms with Gasteiger partial charge < -0.3 is 5.32 Å². The summed E-state index contributed by atoms with van der Waals surface area (Å²) in [4.78, 5) is 4.30. The molecule has 0 aliphatic carbocycles. The highest BCUT2D eigenvalue weighted by atomic mass is 15.3. The van der Waals surface area contributed by atoms with Crippen molar-refractivity contribution < 1.29 is 0 Å². The van der Waals surface area contributed by atoms with Gasteiger partial charge in [-0.3, -0.25) is 9.67 Å². The Morgan fingerprint density at radius 3 is 2.83 bits per heavy atom. The van der Waals surface area contributed by atoms with E-state index in [1.165, 1.54) is 16.8 Å². The Morgan fingerprint density at radius 2 is 2.11 bits per heavy atom. The Labute approximate surface area is 108 Å². The fourth-order valence-corrected chi connectivity index (χ4v) is 2.10. The fraction of sp³-hybridized carbons (Fsp3) is 0.429. The second kappa shape index (κ2) is 5.78. The van der Waals surface area contributed by atoms with Crippen LogP contribution in [0.25, 0.3) is 11.1 Å². The summed E-state index contributed by atoms with van der Waals surface area (Å²) in [6.45, 7) is 6.08. The van der Waals surface area contributed by atoms with Gasteiger partial charge in [0.2, 0.25) is 0 Å². The zero-order valence-electron chi connectivity index (χ0n) is 11.3. The van der Waals surface area contributed by atoms with Crippen LogP contribution in [0.1, 0.15) is 24.6 Å². The molecule has 0 aliphatic rings. The van der Waals surface area contributed by atoms with Crippen molar-refractivity contribution in [2.45, 2.75) is 33.4 Å². The zero-order chi connectivity index (χ0) is 13.0. The maximum absolute atomic E-state index is 4.43. The van der Waals surface area contributed by atoms with E-state index in [1.54, 1.807) is 0 Å². The number of rotatable bonds is 5. The lowest BCUT2D eigenvalue weighted by atomic mass is 10.1. The molecule has 2 aromatic rings. The van der Waals surface area contributed by atoms with Crippen LogP contribution in [-0.2, 0) is 13.1 Å². The summed E-state index contributed by atoms with van der Waals surface area (Å²) in [5.41, 5.74) is 4.72. The van der Waals surface area contributed by atoms with E-state index in [9.17, 15) is 0 Å². The Kier molecular flexibility index (Phi) is 4.10. The monoisotopic (exact) mass is 244 g/mol. The zero-order valence-corrected chi connectivity index (χ0v) is 11.3. The molecule has 0 amide bonds. The third-order valence-electron chi connectivity index (χ3n) is 3.03. The number of nitrogens with zero attached hydrogens (tertiary/aromatic N) is 3. The quantitative estimate of drug-likeness (QED) is 0.878. The maximum Gasteiger partial charge on any atom is 0.0571 e. The number of hydrogen-bond donors (Lipinski definition) is 1. The number of aryl methyl sites for hydroxylation is 1. The molecule has 0 unspecified atom stereocenters. The van der Waals surface area contributed by atoms with Crippen molar-refractivity contribution in [3.8, 4) is 11.1 Å². The fourth-order valence-electron chi connectivity index (χ4n) is 2.10. The molecular formula is C14H20N4. The van der Waals surface area contributed by atoms with Crippen LogP contribution in [0.5, 0.6) is 0 Å². The number of nitrogens with one attached hydrogen (secondary N) is 1. The molecule has 4 nitrogen and oxygen atoms in total. The second-order valence-electron chi connectivity index (χ2n) is 4.48. The predicted molar refractivity (Wildman–Crippen MR) is 73.2 cm³/mol. The van der Waals surface area contributed by atoms with Gasteiger partial charge in [0.25, 0.3) is 0 Å². The standard InChI is InChI=1S/C14H20N4/c1-4-5-18-11(2)14(10-17-18)13-6-12(7-15-3)8-16-9-13/h6,8-10,15H,4-5,7H2,1-3H3. The highest BCUT2D eigenvalue weighted by Gasteiger charge is 2.08. The van der Waals surface area contributed by atoms with Crippen molar-refractivity contribution in [3.63, 3.8) is 0 Å². The summed E-state index contributed by atoms with van der Waals surface area (Å²) in [6.07, 6.45) is 6.83. The molecule has 0 saturated carbocycles. The van der Waals surface area contributed by atoms with Gasteiger partial charge in [0.15, 0.2) is 0 Å². The second-order valence-corrected chi connectivity index (χ2v) is 4.48. The van der Waals surface area contributed by atoms with E-state index in [0.29, 0.717) is 0 Å². The van der Waals surface area contributed by atoms with Crippen LogP contribution in [0, 0.1) is 6.92 Å². The Bertz CT molecular complexity index is 516. The molecule has 2 rings (SSSR count). The number of pyridine rings is 1. The van der Waals surface area contributed by atoms with Crippen molar-refractivity contribution in [1.82, 2.24) is 20.1 Å². The molecule has 0 saturated heterocycles. The van der Waals surface area contributed by atoms with Crippen LogP contribution in [0.3, 0.4) is 0 Å². The predicted octanol–water partition coefficient (Wildman–Crippen LogP) is 2.38. The first kappa shape index (κ1) is 12.8. The highest BCUT2D eigenvalue weighted by Crippen LogP contribution is 2.23. The molecule has 0 aliphatic heterocycles. The van der Waals surface area contributed by atoms with E-state index < -0.39 is 0 Å². The first-order chi connectivity index (χ1) is 8.76.